The number of aliphatic hydroxyl groups is 5. The third-order valence-corrected chi connectivity index (χ3v) is 10.9. The van der Waals surface area contributed by atoms with Gasteiger partial charge >= 0.3 is 19.8 Å². The molecule has 0 aliphatic heterocycles. The molecule has 1 saturated carbocycles. The van der Waals surface area contributed by atoms with Crippen molar-refractivity contribution in [3.05, 3.63) is 12.2 Å². The van der Waals surface area contributed by atoms with Crippen LogP contribution < -0.4 is 0 Å². The third-order valence-electron chi connectivity index (χ3n) is 9.89. The lowest BCUT2D eigenvalue weighted by molar-refractivity contribution is -0.220. The van der Waals surface area contributed by atoms with E-state index in [-0.39, 0.29) is 19.3 Å². The Morgan fingerprint density at radius 2 is 1.09 bits per heavy atom. The monoisotopic (exact) mass is 830 g/mol. The number of esters is 2. The first-order valence-electron chi connectivity index (χ1n) is 24.6. The van der Waals surface area contributed by atoms with Crippen LogP contribution in [0.1, 0.15) is 197 Å². The Bertz CT molecular complexity index is 1310. The molecular weight excluding hydrogens is 743 g/mol. The van der Waals surface area contributed by atoms with Gasteiger partial charge in [-0.2, -0.15) is 0 Å². The maximum Gasteiger partial charge on any atom is 0.472 e. The Hall–Kier alpha value is -1.41. The maximum atomic E-state index is 12.8. The minimum atomic E-state index is -5.16. The number of allylic oxidation sites excluding steroid dienone is 2. The van der Waals surface area contributed by atoms with Crippen molar-refractivity contribution in [2.24, 2.45) is 0 Å². The largest absolute Gasteiger partial charge is 0.472 e. The second kappa shape index (κ2) is 33.4. The summed E-state index contributed by atoms with van der Waals surface area (Å²) in [7, 11) is -5.16. The molecule has 0 amide bonds. The van der Waals surface area contributed by atoms with Gasteiger partial charge in [0.1, 0.15) is 43.2 Å². The van der Waals surface area contributed by atoms with E-state index < -0.39 is 95.3 Å². The highest BCUT2D eigenvalue weighted by Crippen LogP contribution is 2.47. The van der Waals surface area contributed by atoms with Gasteiger partial charge in [-0.1, -0.05) is 148 Å². The van der Waals surface area contributed by atoms with E-state index in [0.29, 0.717) is 25.7 Å². The molecule has 0 aromatic heterocycles. The summed E-state index contributed by atoms with van der Waals surface area (Å²) >= 11 is 0. The van der Waals surface area contributed by atoms with Gasteiger partial charge in [-0.05, 0) is 38.5 Å². The molecule has 6 atom stereocenters. The summed E-state index contributed by atoms with van der Waals surface area (Å²) in [5.41, 5.74) is 0. The number of hydrogen-bond donors (Lipinski definition) is 6. The number of unbranched alkanes of at least 4 members (excludes halogenated alkanes) is 19. The van der Waals surface area contributed by atoms with E-state index in [2.05, 4.69) is 13.0 Å². The average molecular weight is 830 g/mol. The first-order chi connectivity index (χ1) is 29.6. The van der Waals surface area contributed by atoms with E-state index in [0.717, 1.165) is 70.6 Å². The van der Waals surface area contributed by atoms with Crippen LogP contribution in [-0.4, -0.2) is 98.3 Å². The SMILES string of the molecule is [2H]C([2H])([2H])C([2H])([2H])C([2H])([2H])CCCCC/C=C/CCCCCCCC(=O)OC(COC(=O)CCCCCCCCCCCCCC)COP(=O)(O)OC1C(O)C(O)C(O)C(O)C1O. The van der Waals surface area contributed by atoms with Gasteiger partial charge in [0.2, 0.25) is 0 Å². The molecule has 6 N–H and O–H groups in total. The van der Waals surface area contributed by atoms with Gasteiger partial charge in [0.15, 0.2) is 6.10 Å². The molecule has 0 saturated heterocycles. The number of phosphoric ester groups is 1. The van der Waals surface area contributed by atoms with E-state index in [1.54, 1.807) is 0 Å². The number of aliphatic hydroxyl groups excluding tert-OH is 5. The van der Waals surface area contributed by atoms with Crippen LogP contribution in [-0.2, 0) is 32.7 Å². The zero-order valence-corrected chi connectivity index (χ0v) is 34.7. The van der Waals surface area contributed by atoms with Crippen molar-refractivity contribution in [1.29, 1.82) is 0 Å². The van der Waals surface area contributed by atoms with Crippen molar-refractivity contribution in [3.8, 4) is 0 Å². The Kier molecular flexibility index (Phi) is 24.7. The van der Waals surface area contributed by atoms with Crippen molar-refractivity contribution < 1.29 is 72.7 Å². The van der Waals surface area contributed by atoms with Crippen LogP contribution in [0.15, 0.2) is 12.2 Å². The number of carbonyl (C=O) groups is 2. The highest BCUT2D eigenvalue weighted by Gasteiger charge is 2.51. The maximum absolute atomic E-state index is 12.8. The van der Waals surface area contributed by atoms with Gasteiger partial charge in [0, 0.05) is 22.4 Å². The van der Waals surface area contributed by atoms with E-state index in [1.165, 1.54) is 44.9 Å². The Balaban J connectivity index is 2.48. The van der Waals surface area contributed by atoms with Crippen LogP contribution in [0.4, 0.5) is 0 Å². The van der Waals surface area contributed by atoms with Crippen molar-refractivity contribution in [3.63, 3.8) is 0 Å². The van der Waals surface area contributed by atoms with Gasteiger partial charge in [0.25, 0.3) is 0 Å². The lowest BCUT2D eigenvalue weighted by Gasteiger charge is -2.41. The summed E-state index contributed by atoms with van der Waals surface area (Å²) in [5.74, 6) is -1.21. The van der Waals surface area contributed by atoms with Gasteiger partial charge < -0.3 is 39.9 Å². The molecule has 0 heterocycles. The predicted molar refractivity (Wildman–Crippen MR) is 217 cm³/mol. The molecule has 0 radical (unpaired) electrons. The van der Waals surface area contributed by atoms with Gasteiger partial charge in [-0.3, -0.25) is 18.6 Å². The number of rotatable bonds is 36. The molecule has 0 aromatic rings. The molecule has 1 aliphatic rings. The van der Waals surface area contributed by atoms with Crippen LogP contribution in [0.25, 0.3) is 0 Å². The third kappa shape index (κ3) is 25.8. The zero-order chi connectivity index (χ0) is 47.5. The molecule has 330 valence electrons. The molecular formula is C42H79O13P. The van der Waals surface area contributed by atoms with Gasteiger partial charge in [0.05, 0.1) is 6.61 Å². The fraction of sp³-hybridized carbons (Fsp3) is 0.905. The van der Waals surface area contributed by atoms with E-state index in [9.17, 15) is 44.6 Å². The topological polar surface area (TPSA) is 210 Å². The average Bonchev–Trinajstić information content (AvgIpc) is 3.21. The fourth-order valence-electron chi connectivity index (χ4n) is 6.42. The summed E-state index contributed by atoms with van der Waals surface area (Å²) in [4.78, 5) is 35.7. The van der Waals surface area contributed by atoms with E-state index in [4.69, 9.17) is 28.1 Å². The van der Waals surface area contributed by atoms with Crippen LogP contribution in [0, 0.1) is 0 Å². The minimum Gasteiger partial charge on any atom is -0.462 e. The number of hydrogen-bond acceptors (Lipinski definition) is 12. The highest BCUT2D eigenvalue weighted by molar-refractivity contribution is 7.47. The van der Waals surface area contributed by atoms with Crippen LogP contribution in [0.5, 0.6) is 0 Å². The van der Waals surface area contributed by atoms with Gasteiger partial charge in [-0.25, -0.2) is 4.57 Å². The van der Waals surface area contributed by atoms with Crippen molar-refractivity contribution in [2.45, 2.75) is 230 Å². The lowest BCUT2D eigenvalue weighted by atomic mass is 9.85. The number of phosphoric acid groups is 1. The number of carbonyl (C=O) groups excluding carboxylic acids is 2. The minimum absolute atomic E-state index is 0.0113. The summed E-state index contributed by atoms with van der Waals surface area (Å²) in [6.07, 6.45) is 6.08. The molecule has 13 nitrogen and oxygen atoms in total. The molecule has 56 heavy (non-hydrogen) atoms. The zero-order valence-electron chi connectivity index (χ0n) is 40.8. The van der Waals surface area contributed by atoms with Crippen LogP contribution in [0.2, 0.25) is 0 Å². The second-order valence-corrected chi connectivity index (χ2v) is 16.3. The predicted octanol–water partition coefficient (Wildman–Crippen LogP) is 7.89. The van der Waals surface area contributed by atoms with E-state index in [1.807, 2.05) is 6.08 Å². The highest BCUT2D eigenvalue weighted by atomic mass is 31.2. The summed E-state index contributed by atoms with van der Waals surface area (Å²) in [5, 5.41) is 50.1. The summed E-state index contributed by atoms with van der Waals surface area (Å²) < 4.78 is 86.4. The fourth-order valence-corrected chi connectivity index (χ4v) is 7.40. The first-order valence-corrected chi connectivity index (χ1v) is 22.6. The Morgan fingerprint density at radius 1 is 0.643 bits per heavy atom. The molecule has 14 heteroatoms. The normalized spacial score (nSPS) is 25.5. The van der Waals surface area contributed by atoms with Gasteiger partial charge in [-0.15, -0.1) is 0 Å². The van der Waals surface area contributed by atoms with Crippen molar-refractivity contribution in [1.82, 2.24) is 0 Å². The molecule has 0 spiro atoms. The van der Waals surface area contributed by atoms with Crippen LogP contribution >= 0.6 is 7.82 Å². The molecule has 1 fully saturated rings. The Morgan fingerprint density at radius 3 is 1.61 bits per heavy atom. The Labute approximate surface area is 347 Å². The second-order valence-electron chi connectivity index (χ2n) is 14.9. The molecule has 0 bridgehead atoms. The lowest BCUT2D eigenvalue weighted by Crippen LogP contribution is -2.64. The molecule has 0 aromatic carbocycles. The van der Waals surface area contributed by atoms with E-state index >= 15 is 0 Å². The molecule has 1 aliphatic carbocycles. The number of ether oxygens (including phenoxy) is 2. The smallest absolute Gasteiger partial charge is 0.462 e. The quantitative estimate of drug-likeness (QED) is 0.0154. The molecule has 1 rings (SSSR count). The first kappa shape index (κ1) is 41.3. The standard InChI is InChI=1S/C42H79O13P/c1-3-5-7-9-11-13-15-17-18-19-21-23-25-27-29-31-36(44)54-34(32-52-35(43)30-28-26-24-22-20-16-14-12-10-8-6-4-2)33-53-56(50,51)55-42-40(48)38(46)37(45)39(47)41(42)49/h17-18,34,37-42,45-49H,3-16,19-33H2,1-2H3,(H,50,51)/b18-17+/i1D3,3D2,5D2. The van der Waals surface area contributed by atoms with Crippen molar-refractivity contribution in [2.75, 3.05) is 13.2 Å². The molecule has 6 unspecified atom stereocenters. The summed E-state index contributed by atoms with van der Waals surface area (Å²) in [6.45, 7) is -2.10. The van der Waals surface area contributed by atoms with Crippen molar-refractivity contribution >= 4 is 19.8 Å². The summed E-state index contributed by atoms with van der Waals surface area (Å²) in [6, 6.07) is 0. The van der Waals surface area contributed by atoms with Crippen LogP contribution in [0.3, 0.4) is 0 Å².